The van der Waals surface area contributed by atoms with Crippen molar-refractivity contribution >= 4 is 23.0 Å². The van der Waals surface area contributed by atoms with Gasteiger partial charge < -0.3 is 5.11 Å². The molecule has 2 N–H and O–H groups in total. The number of phenolic OH excluding ortho intramolecular Hbond substituents is 1. The molecule has 3 aromatic rings. The maximum Gasteiger partial charge on any atom is 0.272 e. The van der Waals surface area contributed by atoms with Gasteiger partial charge in [-0.2, -0.15) is 5.10 Å². The van der Waals surface area contributed by atoms with Gasteiger partial charge in [0.05, 0.1) is 17.3 Å². The van der Waals surface area contributed by atoms with E-state index in [9.17, 15) is 9.90 Å². The number of nitrogens with zero attached hydrogens (tertiary/aromatic N) is 2. The first-order chi connectivity index (χ1) is 12.7. The molecular weight excluding hydrogens is 326 g/mol. The van der Waals surface area contributed by atoms with E-state index in [0.717, 1.165) is 47.8 Å². The fourth-order valence-corrected chi connectivity index (χ4v) is 3.44. The van der Waals surface area contributed by atoms with Crippen LogP contribution in [0.3, 0.4) is 0 Å². The number of fused-ring (bicyclic) bond motifs is 2. The summed E-state index contributed by atoms with van der Waals surface area (Å²) >= 11 is 0. The normalized spacial score (nSPS) is 13.7. The smallest absolute Gasteiger partial charge is 0.272 e. The van der Waals surface area contributed by atoms with E-state index in [1.807, 2.05) is 24.3 Å². The van der Waals surface area contributed by atoms with Gasteiger partial charge in [-0.1, -0.05) is 30.3 Å². The van der Waals surface area contributed by atoms with Gasteiger partial charge in [0.1, 0.15) is 5.75 Å². The van der Waals surface area contributed by atoms with E-state index in [4.69, 9.17) is 4.98 Å². The van der Waals surface area contributed by atoms with Crippen LogP contribution in [0.15, 0.2) is 53.6 Å². The maximum atomic E-state index is 12.9. The largest absolute Gasteiger partial charge is 0.507 e. The van der Waals surface area contributed by atoms with Crippen molar-refractivity contribution in [3.05, 3.63) is 70.9 Å². The first-order valence-corrected chi connectivity index (χ1v) is 8.76. The number of aromatic hydroxyl groups is 1. The molecule has 1 aromatic heterocycles. The van der Waals surface area contributed by atoms with E-state index in [1.54, 1.807) is 24.3 Å². The molecule has 2 aromatic carbocycles. The second kappa shape index (κ2) is 6.96. The minimum atomic E-state index is -0.242. The molecule has 0 fully saturated rings. The van der Waals surface area contributed by atoms with Gasteiger partial charge in [-0.05, 0) is 49.4 Å². The summed E-state index contributed by atoms with van der Waals surface area (Å²) in [5, 5.41) is 14.7. The van der Waals surface area contributed by atoms with Crippen LogP contribution in [-0.4, -0.2) is 22.2 Å². The van der Waals surface area contributed by atoms with Crippen LogP contribution < -0.4 is 5.43 Å². The number of hydrogen-bond donors (Lipinski definition) is 2. The predicted molar refractivity (Wildman–Crippen MR) is 102 cm³/mol. The molecule has 4 rings (SSSR count). The van der Waals surface area contributed by atoms with Crippen molar-refractivity contribution < 1.29 is 9.90 Å². The third kappa shape index (κ3) is 3.04. The Morgan fingerprint density at radius 3 is 2.73 bits per heavy atom. The highest BCUT2D eigenvalue weighted by atomic mass is 16.3. The summed E-state index contributed by atoms with van der Waals surface area (Å²) < 4.78 is 0. The monoisotopic (exact) mass is 345 g/mol. The molecule has 0 atom stereocenters. The maximum absolute atomic E-state index is 12.9. The van der Waals surface area contributed by atoms with Gasteiger partial charge in [0.25, 0.3) is 5.91 Å². The fourth-order valence-electron chi connectivity index (χ4n) is 3.44. The topological polar surface area (TPSA) is 74.6 Å². The molecule has 1 aliphatic rings. The zero-order chi connectivity index (χ0) is 17.9. The molecule has 0 saturated heterocycles. The van der Waals surface area contributed by atoms with Gasteiger partial charge in [0.15, 0.2) is 0 Å². The number of carbonyl (C=O) groups excluding carboxylic acids is 1. The first-order valence-electron chi connectivity index (χ1n) is 8.76. The Hall–Kier alpha value is -3.21. The first kappa shape index (κ1) is 16.3. The highest BCUT2D eigenvalue weighted by molar-refractivity contribution is 6.08. The van der Waals surface area contributed by atoms with Crippen molar-refractivity contribution in [3.8, 4) is 5.75 Å². The summed E-state index contributed by atoms with van der Waals surface area (Å²) in [7, 11) is 0. The molecule has 5 nitrogen and oxygen atoms in total. The molecule has 5 heteroatoms. The lowest BCUT2D eigenvalue weighted by Crippen LogP contribution is -2.22. The molecule has 0 saturated carbocycles. The second-order valence-corrected chi connectivity index (χ2v) is 6.39. The van der Waals surface area contributed by atoms with E-state index < -0.39 is 0 Å². The molecule has 0 bridgehead atoms. The van der Waals surface area contributed by atoms with Crippen LogP contribution >= 0.6 is 0 Å². The standard InChI is InChI=1S/C21H19N3O2/c25-19-12-6-1-7-14(19)13-22-24-21(26)20-15-8-2-4-10-17(15)23-18-11-5-3-9-16(18)20/h1-2,4,6-8,10,12-13,25H,3,5,9,11H2,(H,24,26)/b22-13+. The van der Waals surface area contributed by atoms with Gasteiger partial charge in [-0.15, -0.1) is 0 Å². The molecule has 26 heavy (non-hydrogen) atoms. The summed E-state index contributed by atoms with van der Waals surface area (Å²) in [5.74, 6) is -0.120. The summed E-state index contributed by atoms with van der Waals surface area (Å²) in [6.45, 7) is 0. The molecular formula is C21H19N3O2. The number of para-hydroxylation sites is 2. The number of hydrogen-bond acceptors (Lipinski definition) is 4. The van der Waals surface area contributed by atoms with Crippen LogP contribution in [0, 0.1) is 0 Å². The van der Waals surface area contributed by atoms with E-state index >= 15 is 0 Å². The predicted octanol–water partition coefficient (Wildman–Crippen LogP) is 3.58. The molecule has 1 heterocycles. The van der Waals surface area contributed by atoms with Crippen LogP contribution in [-0.2, 0) is 12.8 Å². The summed E-state index contributed by atoms with van der Waals surface area (Å²) in [4.78, 5) is 17.6. The Morgan fingerprint density at radius 1 is 1.08 bits per heavy atom. The number of pyridine rings is 1. The van der Waals surface area contributed by atoms with Gasteiger partial charge in [0, 0.05) is 16.6 Å². The molecule has 130 valence electrons. The second-order valence-electron chi connectivity index (χ2n) is 6.39. The van der Waals surface area contributed by atoms with E-state index in [0.29, 0.717) is 11.1 Å². The van der Waals surface area contributed by atoms with Crippen LogP contribution in [0.1, 0.15) is 40.0 Å². The van der Waals surface area contributed by atoms with Gasteiger partial charge in [0.2, 0.25) is 0 Å². The lowest BCUT2D eigenvalue weighted by molar-refractivity contribution is 0.0955. The lowest BCUT2D eigenvalue weighted by Gasteiger charge is -2.19. The minimum Gasteiger partial charge on any atom is -0.507 e. The molecule has 0 spiro atoms. The van der Waals surface area contributed by atoms with Crippen molar-refractivity contribution in [1.82, 2.24) is 10.4 Å². The molecule has 0 radical (unpaired) electrons. The Kier molecular flexibility index (Phi) is 4.35. The summed E-state index contributed by atoms with van der Waals surface area (Å²) in [5.41, 5.74) is 6.71. The van der Waals surface area contributed by atoms with Crippen molar-refractivity contribution in [1.29, 1.82) is 0 Å². The van der Waals surface area contributed by atoms with Gasteiger partial charge in [-0.3, -0.25) is 9.78 Å². The number of hydrazone groups is 1. The fraction of sp³-hybridized carbons (Fsp3) is 0.190. The van der Waals surface area contributed by atoms with Crippen LogP contribution in [0.2, 0.25) is 0 Å². The molecule has 1 amide bonds. The SMILES string of the molecule is O=C(N/N=C/c1ccccc1O)c1c2c(nc3ccccc13)CCCC2. The molecule has 1 aliphatic carbocycles. The van der Waals surface area contributed by atoms with Crippen molar-refractivity contribution in [3.63, 3.8) is 0 Å². The Labute approximate surface area is 151 Å². The Morgan fingerprint density at radius 2 is 1.85 bits per heavy atom. The number of carbonyl (C=O) groups is 1. The quantitative estimate of drug-likeness (QED) is 0.563. The highest BCUT2D eigenvalue weighted by Crippen LogP contribution is 2.29. The lowest BCUT2D eigenvalue weighted by atomic mass is 9.89. The zero-order valence-corrected chi connectivity index (χ0v) is 14.3. The Balaban J connectivity index is 1.69. The summed E-state index contributed by atoms with van der Waals surface area (Å²) in [6.07, 6.45) is 5.38. The minimum absolute atomic E-state index is 0.122. The number of aryl methyl sites for hydroxylation is 1. The van der Waals surface area contributed by atoms with Crippen molar-refractivity contribution in [2.75, 3.05) is 0 Å². The number of rotatable bonds is 3. The number of aromatic nitrogens is 1. The van der Waals surface area contributed by atoms with Crippen LogP contribution in [0.25, 0.3) is 10.9 Å². The zero-order valence-electron chi connectivity index (χ0n) is 14.3. The van der Waals surface area contributed by atoms with E-state index in [-0.39, 0.29) is 11.7 Å². The Bertz CT molecular complexity index is 1010. The average Bonchev–Trinajstić information content (AvgIpc) is 2.67. The molecule has 0 aliphatic heterocycles. The van der Waals surface area contributed by atoms with Crippen molar-refractivity contribution in [2.45, 2.75) is 25.7 Å². The number of nitrogens with one attached hydrogen (secondary N) is 1. The highest BCUT2D eigenvalue weighted by Gasteiger charge is 2.22. The van der Waals surface area contributed by atoms with Gasteiger partial charge in [-0.25, -0.2) is 5.43 Å². The van der Waals surface area contributed by atoms with E-state index in [2.05, 4.69) is 10.5 Å². The van der Waals surface area contributed by atoms with Crippen molar-refractivity contribution in [2.24, 2.45) is 5.10 Å². The molecule has 0 unspecified atom stereocenters. The third-order valence-corrected chi connectivity index (χ3v) is 4.70. The average molecular weight is 345 g/mol. The van der Waals surface area contributed by atoms with Crippen LogP contribution in [0.4, 0.5) is 0 Å². The van der Waals surface area contributed by atoms with Gasteiger partial charge >= 0.3 is 0 Å². The number of amides is 1. The number of benzene rings is 2. The third-order valence-electron chi connectivity index (χ3n) is 4.70. The van der Waals surface area contributed by atoms with Crippen LogP contribution in [0.5, 0.6) is 5.75 Å². The number of phenols is 1. The van der Waals surface area contributed by atoms with E-state index in [1.165, 1.54) is 6.21 Å². The summed E-state index contributed by atoms with van der Waals surface area (Å²) in [6, 6.07) is 14.6.